The minimum Gasteiger partial charge on any atom is -0.462 e. The fourth-order valence-electron chi connectivity index (χ4n) is 3.57. The highest BCUT2D eigenvalue weighted by Crippen LogP contribution is 2.39. The largest absolute Gasteiger partial charge is 0.462 e. The fraction of sp³-hybridized carbons (Fsp3) is 0.611. The highest BCUT2D eigenvalue weighted by atomic mass is 16.5. The second-order valence-corrected chi connectivity index (χ2v) is 6.89. The molecule has 7 nitrogen and oxygen atoms in total. The lowest BCUT2D eigenvalue weighted by molar-refractivity contribution is -0.00218. The van der Waals surface area contributed by atoms with Crippen LogP contribution in [-0.2, 0) is 16.5 Å². The monoisotopic (exact) mass is 344 g/mol. The summed E-state index contributed by atoms with van der Waals surface area (Å²) in [6.07, 6.45) is 8.12. The Morgan fingerprint density at radius 1 is 1.40 bits per heavy atom. The Kier molecular flexibility index (Phi) is 4.33. The van der Waals surface area contributed by atoms with E-state index in [9.17, 15) is 4.79 Å². The van der Waals surface area contributed by atoms with Gasteiger partial charge in [-0.1, -0.05) is 0 Å². The van der Waals surface area contributed by atoms with Crippen LogP contribution in [-0.4, -0.2) is 46.1 Å². The van der Waals surface area contributed by atoms with Gasteiger partial charge in [0.25, 0.3) is 0 Å². The molecule has 1 aliphatic heterocycles. The lowest BCUT2D eigenvalue weighted by atomic mass is 9.99. The van der Waals surface area contributed by atoms with Crippen LogP contribution in [0.1, 0.15) is 43.0 Å². The van der Waals surface area contributed by atoms with Gasteiger partial charge in [-0.3, -0.25) is 4.68 Å². The number of esters is 1. The van der Waals surface area contributed by atoms with E-state index < -0.39 is 0 Å². The molecule has 134 valence electrons. The van der Waals surface area contributed by atoms with Gasteiger partial charge >= 0.3 is 5.97 Å². The molecule has 0 amide bonds. The summed E-state index contributed by atoms with van der Waals surface area (Å²) < 4.78 is 12.8. The molecule has 1 aliphatic carbocycles. The minimum absolute atomic E-state index is 0.276. The van der Waals surface area contributed by atoms with E-state index >= 15 is 0 Å². The van der Waals surface area contributed by atoms with E-state index in [4.69, 9.17) is 9.47 Å². The lowest BCUT2D eigenvalue weighted by Crippen LogP contribution is -2.35. The predicted octanol–water partition coefficient (Wildman–Crippen LogP) is 2.51. The number of fused-ring (bicyclic) bond motifs is 1. The highest BCUT2D eigenvalue weighted by molar-refractivity contribution is 6.04. The van der Waals surface area contributed by atoms with E-state index in [1.165, 1.54) is 12.8 Å². The van der Waals surface area contributed by atoms with Crippen molar-refractivity contribution < 1.29 is 14.3 Å². The number of aryl methyl sites for hydroxylation is 1. The van der Waals surface area contributed by atoms with E-state index in [-0.39, 0.29) is 12.0 Å². The summed E-state index contributed by atoms with van der Waals surface area (Å²) in [5, 5.41) is 8.72. The first kappa shape index (κ1) is 16.3. The zero-order chi connectivity index (χ0) is 17.4. The number of pyridine rings is 1. The molecule has 2 fully saturated rings. The van der Waals surface area contributed by atoms with Gasteiger partial charge < -0.3 is 14.8 Å². The molecular weight excluding hydrogens is 320 g/mol. The molecule has 0 radical (unpaired) electrons. The first-order valence-corrected chi connectivity index (χ1v) is 9.03. The van der Waals surface area contributed by atoms with E-state index in [1.54, 1.807) is 24.0 Å². The summed E-state index contributed by atoms with van der Waals surface area (Å²) in [4.78, 5) is 16.8. The molecule has 3 heterocycles. The Morgan fingerprint density at radius 2 is 2.24 bits per heavy atom. The van der Waals surface area contributed by atoms with Crippen LogP contribution in [0.4, 0.5) is 5.69 Å². The van der Waals surface area contributed by atoms with Crippen LogP contribution in [0.3, 0.4) is 0 Å². The van der Waals surface area contributed by atoms with Crippen molar-refractivity contribution in [3.05, 3.63) is 18.0 Å². The molecule has 2 unspecified atom stereocenters. The average Bonchev–Trinajstić information content (AvgIpc) is 3.40. The number of nitrogens with zero attached hydrogens (tertiary/aromatic N) is 3. The molecule has 1 saturated heterocycles. The summed E-state index contributed by atoms with van der Waals surface area (Å²) in [7, 11) is 1.85. The maximum absolute atomic E-state index is 12.4. The third-order valence-electron chi connectivity index (χ3n) is 5.07. The maximum Gasteiger partial charge on any atom is 0.341 e. The van der Waals surface area contributed by atoms with Gasteiger partial charge in [0.05, 0.1) is 30.0 Å². The maximum atomic E-state index is 12.4. The molecule has 25 heavy (non-hydrogen) atoms. The van der Waals surface area contributed by atoms with Crippen LogP contribution in [0.5, 0.6) is 0 Å². The number of aromatic nitrogens is 3. The van der Waals surface area contributed by atoms with Crippen molar-refractivity contribution in [3.8, 4) is 0 Å². The Labute approximate surface area is 146 Å². The Hall–Kier alpha value is -2.15. The molecule has 2 aromatic heterocycles. The van der Waals surface area contributed by atoms with Crippen molar-refractivity contribution in [2.45, 2.75) is 44.8 Å². The third kappa shape index (κ3) is 3.20. The molecule has 1 N–H and O–H groups in total. The summed E-state index contributed by atoms with van der Waals surface area (Å²) in [5.74, 6) is 0.360. The smallest absolute Gasteiger partial charge is 0.341 e. The first-order valence-electron chi connectivity index (χ1n) is 9.03. The van der Waals surface area contributed by atoms with Crippen molar-refractivity contribution in [3.63, 3.8) is 0 Å². The second-order valence-electron chi connectivity index (χ2n) is 6.89. The van der Waals surface area contributed by atoms with Crippen molar-refractivity contribution in [1.29, 1.82) is 0 Å². The summed E-state index contributed by atoms with van der Waals surface area (Å²) >= 11 is 0. The topological polar surface area (TPSA) is 78.3 Å². The van der Waals surface area contributed by atoms with Gasteiger partial charge in [-0.2, -0.15) is 5.10 Å². The zero-order valence-electron chi connectivity index (χ0n) is 14.7. The minimum atomic E-state index is -0.353. The zero-order valence-corrected chi connectivity index (χ0v) is 14.7. The molecule has 1 saturated carbocycles. The summed E-state index contributed by atoms with van der Waals surface area (Å²) in [5.41, 5.74) is 2.00. The Bertz CT molecular complexity index is 784. The summed E-state index contributed by atoms with van der Waals surface area (Å²) in [6.45, 7) is 2.90. The molecule has 2 aromatic rings. The normalized spacial score (nSPS) is 23.6. The van der Waals surface area contributed by atoms with Crippen LogP contribution in [0, 0.1) is 5.92 Å². The second kappa shape index (κ2) is 6.63. The molecule has 4 rings (SSSR count). The highest BCUT2D eigenvalue weighted by Gasteiger charge is 2.36. The Morgan fingerprint density at radius 3 is 3.00 bits per heavy atom. The van der Waals surface area contributed by atoms with Crippen LogP contribution < -0.4 is 5.32 Å². The lowest BCUT2D eigenvalue weighted by Gasteiger charge is -2.31. The van der Waals surface area contributed by atoms with Crippen molar-refractivity contribution in [2.24, 2.45) is 13.0 Å². The van der Waals surface area contributed by atoms with Crippen molar-refractivity contribution in [1.82, 2.24) is 14.8 Å². The molecule has 0 spiro atoms. The molecule has 0 bridgehead atoms. The average molecular weight is 344 g/mol. The van der Waals surface area contributed by atoms with E-state index in [0.717, 1.165) is 36.2 Å². The molecule has 2 aliphatic rings. The number of carbonyl (C=O) groups excluding carboxylic acids is 1. The van der Waals surface area contributed by atoms with Crippen LogP contribution in [0.2, 0.25) is 0 Å². The third-order valence-corrected chi connectivity index (χ3v) is 5.07. The predicted molar refractivity (Wildman–Crippen MR) is 93.6 cm³/mol. The number of hydrogen-bond acceptors (Lipinski definition) is 6. The van der Waals surface area contributed by atoms with Gasteiger partial charge in [0.15, 0.2) is 5.65 Å². The van der Waals surface area contributed by atoms with E-state index in [0.29, 0.717) is 24.2 Å². The summed E-state index contributed by atoms with van der Waals surface area (Å²) in [6, 6.07) is 0.276. The fourth-order valence-corrected chi connectivity index (χ4v) is 3.57. The molecule has 0 aromatic carbocycles. The SMILES string of the molecule is CCOC(=O)c1cnc2c(cnn2C)c1NC1CCOC(C2CC2)C1. The van der Waals surface area contributed by atoms with Gasteiger partial charge in [0, 0.05) is 25.9 Å². The number of carbonyl (C=O) groups is 1. The number of rotatable bonds is 5. The number of anilines is 1. The van der Waals surface area contributed by atoms with Gasteiger partial charge in [-0.15, -0.1) is 0 Å². The van der Waals surface area contributed by atoms with Gasteiger partial charge in [-0.05, 0) is 38.5 Å². The molecular formula is C18H24N4O3. The quantitative estimate of drug-likeness (QED) is 0.840. The van der Waals surface area contributed by atoms with Gasteiger partial charge in [-0.25, -0.2) is 9.78 Å². The van der Waals surface area contributed by atoms with E-state index in [1.807, 2.05) is 7.05 Å². The Balaban J connectivity index is 1.65. The number of hydrogen-bond donors (Lipinski definition) is 1. The van der Waals surface area contributed by atoms with Crippen LogP contribution >= 0.6 is 0 Å². The number of nitrogens with one attached hydrogen (secondary N) is 1. The van der Waals surface area contributed by atoms with E-state index in [2.05, 4.69) is 15.4 Å². The number of ether oxygens (including phenoxy) is 2. The van der Waals surface area contributed by atoms with Crippen molar-refractivity contribution in [2.75, 3.05) is 18.5 Å². The van der Waals surface area contributed by atoms with Crippen molar-refractivity contribution >= 4 is 22.7 Å². The van der Waals surface area contributed by atoms with Gasteiger partial charge in [0.2, 0.25) is 0 Å². The molecule has 7 heteroatoms. The van der Waals surface area contributed by atoms with Crippen LogP contribution in [0.15, 0.2) is 12.4 Å². The molecule has 2 atom stereocenters. The van der Waals surface area contributed by atoms with Gasteiger partial charge in [0.1, 0.15) is 5.56 Å². The standard InChI is InChI=1S/C18H24N4O3/c1-3-24-18(23)14-9-19-17-13(10-20-22(17)2)16(14)21-12-6-7-25-15(8-12)11-4-5-11/h9-12,15H,3-8H2,1-2H3,(H,19,21). The van der Waals surface area contributed by atoms with Crippen LogP contribution in [0.25, 0.3) is 11.0 Å². The first-order chi connectivity index (χ1) is 12.2.